The Hall–Kier alpha value is 0.220. The Morgan fingerprint density at radius 1 is 0.485 bits per heavy atom. The minimum atomic E-state index is -4.67. The van der Waals surface area contributed by atoms with E-state index in [9.17, 15) is 0 Å². The molecule has 6 nitrogen and oxygen atoms in total. The zero-order chi connectivity index (χ0) is 23.8. The molecule has 206 valence electrons. The molecule has 0 aromatic heterocycles. The first-order valence-corrected chi connectivity index (χ1v) is 17.4. The zero-order valence-electron chi connectivity index (χ0n) is 22.8. The molecule has 0 spiro atoms. The van der Waals surface area contributed by atoms with E-state index in [2.05, 4.69) is 27.4 Å². The Morgan fingerprint density at radius 2 is 0.667 bits per heavy atom. The van der Waals surface area contributed by atoms with Gasteiger partial charge in [0.1, 0.15) is 0 Å². The summed E-state index contributed by atoms with van der Waals surface area (Å²) in [6.45, 7) is 9.70. The molecule has 0 aromatic carbocycles. The van der Waals surface area contributed by atoms with Gasteiger partial charge in [-0.1, -0.05) is 97.8 Å². The Morgan fingerprint density at radius 3 is 0.879 bits per heavy atom. The fraction of sp³-hybridized carbons (Fsp3) is 1.00. The van der Waals surface area contributed by atoms with Crippen molar-refractivity contribution in [3.05, 3.63) is 0 Å². The molecule has 0 heterocycles. The second kappa shape index (κ2) is 28.5. The van der Waals surface area contributed by atoms with Crippen molar-refractivity contribution in [3.63, 3.8) is 0 Å². The average Bonchev–Trinajstić information content (AvgIpc) is 2.69. The van der Waals surface area contributed by atoms with Gasteiger partial charge in [0.25, 0.3) is 0 Å². The second-order valence-electron chi connectivity index (χ2n) is 9.54. The van der Waals surface area contributed by atoms with Crippen LogP contribution in [0, 0.1) is 0 Å². The molecule has 0 aliphatic carbocycles. The molecule has 0 saturated heterocycles. The molecule has 0 rings (SSSR count). The molecule has 0 amide bonds. The molecule has 33 heavy (non-hydrogen) atoms. The Balaban J connectivity index is -0.000000539. The highest BCUT2D eigenvalue weighted by Gasteiger charge is 2.29. The first kappa shape index (κ1) is 40.4. The summed E-state index contributed by atoms with van der Waals surface area (Å²) >= 11 is 0. The SMILES string of the molecule is CCCCCCCC[P+](C)(CCCCCCCC)CCCCCCCC.N.N.O=S(=O)(O)O. The van der Waals surface area contributed by atoms with Crippen molar-refractivity contribution in [2.75, 3.05) is 25.2 Å². The van der Waals surface area contributed by atoms with Crippen molar-refractivity contribution in [1.82, 2.24) is 12.3 Å². The lowest BCUT2D eigenvalue weighted by Gasteiger charge is -2.24. The van der Waals surface area contributed by atoms with E-state index < -0.39 is 17.7 Å². The Kier molecular flexibility index (Phi) is 34.8. The van der Waals surface area contributed by atoms with Crippen LogP contribution in [0.4, 0.5) is 0 Å². The molecular formula is C25H62N2O4PS+. The quantitative estimate of drug-likeness (QED) is 0.0677. The molecule has 8 heteroatoms. The average molecular weight is 518 g/mol. The van der Waals surface area contributed by atoms with Gasteiger partial charge in [0.15, 0.2) is 0 Å². The van der Waals surface area contributed by atoms with Gasteiger partial charge >= 0.3 is 10.4 Å². The maximum Gasteiger partial charge on any atom is 0.394 e. The third-order valence-electron chi connectivity index (χ3n) is 6.15. The molecular weight excluding hydrogens is 455 g/mol. The first-order chi connectivity index (χ1) is 14.7. The summed E-state index contributed by atoms with van der Waals surface area (Å²) in [4.78, 5) is 0. The Labute approximate surface area is 208 Å². The maximum absolute atomic E-state index is 8.74. The molecule has 0 atom stereocenters. The summed E-state index contributed by atoms with van der Waals surface area (Å²) in [6.07, 6.45) is 31.2. The van der Waals surface area contributed by atoms with Crippen LogP contribution >= 0.6 is 7.26 Å². The predicted molar refractivity (Wildman–Crippen MR) is 152 cm³/mol. The highest BCUT2D eigenvalue weighted by Crippen LogP contribution is 2.57. The van der Waals surface area contributed by atoms with Gasteiger partial charge in [-0.2, -0.15) is 8.42 Å². The van der Waals surface area contributed by atoms with Gasteiger partial charge in [-0.05, 0) is 38.5 Å². The fourth-order valence-electron chi connectivity index (χ4n) is 4.16. The van der Waals surface area contributed by atoms with Gasteiger partial charge in [-0.15, -0.1) is 0 Å². The molecule has 0 unspecified atom stereocenters. The van der Waals surface area contributed by atoms with Crippen LogP contribution in [-0.4, -0.2) is 42.7 Å². The number of hydrogen-bond acceptors (Lipinski definition) is 4. The van der Waals surface area contributed by atoms with Crippen LogP contribution in [0.1, 0.15) is 136 Å². The van der Waals surface area contributed by atoms with Gasteiger partial charge in [0.05, 0.1) is 18.5 Å². The van der Waals surface area contributed by atoms with Gasteiger partial charge in [-0.3, -0.25) is 9.11 Å². The van der Waals surface area contributed by atoms with Crippen LogP contribution < -0.4 is 12.3 Å². The van der Waals surface area contributed by atoms with Crippen molar-refractivity contribution < 1.29 is 17.5 Å². The zero-order valence-corrected chi connectivity index (χ0v) is 24.5. The van der Waals surface area contributed by atoms with Crippen molar-refractivity contribution in [1.29, 1.82) is 0 Å². The standard InChI is InChI=1S/C25H54P.2H3N.H2O4S/c1-5-8-11-14-17-20-23-26(4,24-21-18-15-12-9-6-2)25-22-19-16-13-10-7-3;;;1-5(2,3)4/h5-25H2,1-4H3;2*1H3;(H2,1,2,3,4)/q+1;;;. The molecule has 0 fully saturated rings. The predicted octanol–water partition coefficient (Wildman–Crippen LogP) is 9.39. The van der Waals surface area contributed by atoms with Crippen LogP contribution in [0.25, 0.3) is 0 Å². The van der Waals surface area contributed by atoms with Gasteiger partial charge in [-0.25, -0.2) is 0 Å². The lowest BCUT2D eigenvalue weighted by Crippen LogP contribution is -2.08. The Bertz CT molecular complexity index is 417. The number of rotatable bonds is 21. The molecule has 0 radical (unpaired) electrons. The molecule has 0 aliphatic rings. The molecule has 0 aromatic rings. The number of unbranched alkanes of at least 4 members (excludes halogenated alkanes) is 15. The summed E-state index contributed by atoms with van der Waals surface area (Å²) in [7, 11) is -5.30. The lowest BCUT2D eigenvalue weighted by molar-refractivity contribution is 0.381. The maximum atomic E-state index is 8.74. The van der Waals surface area contributed by atoms with Gasteiger partial charge in [0.2, 0.25) is 0 Å². The van der Waals surface area contributed by atoms with E-state index in [0.29, 0.717) is 0 Å². The third-order valence-corrected chi connectivity index (χ3v) is 10.3. The van der Waals surface area contributed by atoms with Gasteiger partial charge in [0, 0.05) is 13.9 Å². The van der Waals surface area contributed by atoms with Crippen LogP contribution in [0.3, 0.4) is 0 Å². The van der Waals surface area contributed by atoms with Crippen molar-refractivity contribution in [3.8, 4) is 0 Å². The van der Waals surface area contributed by atoms with E-state index in [4.69, 9.17) is 17.5 Å². The van der Waals surface area contributed by atoms with E-state index in [1.807, 2.05) is 0 Å². The lowest BCUT2D eigenvalue weighted by atomic mass is 10.1. The monoisotopic (exact) mass is 517 g/mol. The smallest absolute Gasteiger partial charge is 0.344 e. The van der Waals surface area contributed by atoms with E-state index in [0.717, 1.165) is 0 Å². The summed E-state index contributed by atoms with van der Waals surface area (Å²) < 4.78 is 31.6. The number of hydrogen-bond donors (Lipinski definition) is 4. The van der Waals surface area contributed by atoms with Crippen molar-refractivity contribution in [2.45, 2.75) is 136 Å². The van der Waals surface area contributed by atoms with Gasteiger partial charge < -0.3 is 12.3 Å². The highest BCUT2D eigenvalue weighted by molar-refractivity contribution is 7.79. The molecule has 8 N–H and O–H groups in total. The second-order valence-corrected chi connectivity index (χ2v) is 15.0. The summed E-state index contributed by atoms with van der Waals surface area (Å²) in [5.41, 5.74) is 0. The normalized spacial score (nSPS) is 11.2. The fourth-order valence-corrected chi connectivity index (χ4v) is 7.79. The van der Waals surface area contributed by atoms with Crippen molar-refractivity contribution >= 4 is 17.7 Å². The van der Waals surface area contributed by atoms with E-state index >= 15 is 0 Å². The van der Waals surface area contributed by atoms with Crippen LogP contribution in [-0.2, 0) is 10.4 Å². The molecule has 0 aliphatic heterocycles. The van der Waals surface area contributed by atoms with E-state index in [-0.39, 0.29) is 12.3 Å². The van der Waals surface area contributed by atoms with Crippen LogP contribution in [0.2, 0.25) is 0 Å². The van der Waals surface area contributed by atoms with E-state index in [1.165, 1.54) is 116 Å². The summed E-state index contributed by atoms with van der Waals surface area (Å²) in [6, 6.07) is 0. The third kappa shape index (κ3) is 39.7. The topological polar surface area (TPSA) is 145 Å². The van der Waals surface area contributed by atoms with E-state index in [1.54, 1.807) is 18.5 Å². The van der Waals surface area contributed by atoms with Crippen molar-refractivity contribution in [2.24, 2.45) is 0 Å². The first-order valence-electron chi connectivity index (χ1n) is 13.2. The van der Waals surface area contributed by atoms with Crippen LogP contribution in [0.15, 0.2) is 0 Å². The van der Waals surface area contributed by atoms with Crippen LogP contribution in [0.5, 0.6) is 0 Å². The minimum Gasteiger partial charge on any atom is -0.344 e. The summed E-state index contributed by atoms with van der Waals surface area (Å²) in [5, 5.41) is 0. The molecule has 0 bridgehead atoms. The highest BCUT2D eigenvalue weighted by atomic mass is 32.3. The minimum absolute atomic E-state index is 0. The molecule has 0 saturated carbocycles. The summed E-state index contributed by atoms with van der Waals surface area (Å²) in [5.74, 6) is 0. The largest absolute Gasteiger partial charge is 0.394 e.